The molecule has 11 heavy (non-hydrogen) atoms. The summed E-state index contributed by atoms with van der Waals surface area (Å²) in [4.78, 5) is 0. The molecular weight excluding hydrogens is 152 g/mol. The average Bonchev–Trinajstić information content (AvgIpc) is 2.06. The second-order valence-corrected chi connectivity index (χ2v) is 4.25. The lowest BCUT2D eigenvalue weighted by atomic mass is 10.4. The molecule has 1 N–H and O–H groups in total. The van der Waals surface area contributed by atoms with Gasteiger partial charge in [0, 0.05) is 5.78 Å². The Hall–Kier alpha value is -0.325. The second-order valence-electron chi connectivity index (χ2n) is 2.52. The maximum absolute atomic E-state index is 3.23. The zero-order chi connectivity index (χ0) is 8.10. The Labute approximate surface area is 70.8 Å². The molecule has 1 aromatic carbocycles. The molecule has 1 nitrogen and oxygen atoms in total. The summed E-state index contributed by atoms with van der Waals surface area (Å²) in [5.41, 5.74) is 0. The van der Waals surface area contributed by atoms with E-state index in [2.05, 4.69) is 42.5 Å². The summed E-state index contributed by atoms with van der Waals surface area (Å²) in [6.45, 7) is 2.20. The molecule has 1 aromatic rings. The van der Waals surface area contributed by atoms with Crippen molar-refractivity contribution in [3.05, 3.63) is 30.3 Å². The van der Waals surface area contributed by atoms with Crippen molar-refractivity contribution in [3.8, 4) is 0 Å². The summed E-state index contributed by atoms with van der Waals surface area (Å²) in [6.07, 6.45) is 0. The number of hydrogen-bond acceptors (Lipinski definition) is 1. The lowest BCUT2D eigenvalue weighted by Gasteiger charge is -2.09. The molecule has 0 aliphatic carbocycles. The van der Waals surface area contributed by atoms with Crippen LogP contribution in [0, 0.1) is 0 Å². The van der Waals surface area contributed by atoms with Crippen molar-refractivity contribution in [3.63, 3.8) is 0 Å². The van der Waals surface area contributed by atoms with Crippen molar-refractivity contribution in [2.75, 3.05) is 0 Å². The first kappa shape index (κ1) is 8.77. The van der Waals surface area contributed by atoms with E-state index in [4.69, 9.17) is 0 Å². The molecule has 0 saturated heterocycles. The third kappa shape index (κ3) is 3.05. The Kier molecular flexibility index (Phi) is 3.61. The lowest BCUT2D eigenvalue weighted by Crippen LogP contribution is -2.19. The number of benzene rings is 1. The summed E-state index contributed by atoms with van der Waals surface area (Å²) in [7, 11) is 2.87. The SMILES string of the molecule is BNC(C)Pc1ccccc1. The Morgan fingerprint density at radius 2 is 2.00 bits per heavy atom. The van der Waals surface area contributed by atoms with E-state index in [1.807, 2.05) is 7.98 Å². The molecule has 1 rings (SSSR count). The monoisotopic (exact) mass is 165 g/mol. The average molecular weight is 165 g/mol. The highest BCUT2D eigenvalue weighted by Gasteiger charge is 1.97. The van der Waals surface area contributed by atoms with Crippen LogP contribution in [0.5, 0.6) is 0 Å². The van der Waals surface area contributed by atoms with Gasteiger partial charge in [0.1, 0.15) is 0 Å². The molecule has 0 radical (unpaired) electrons. The van der Waals surface area contributed by atoms with Gasteiger partial charge < -0.3 is 5.23 Å². The number of rotatable bonds is 3. The predicted molar refractivity (Wildman–Crippen MR) is 55.5 cm³/mol. The summed E-state index contributed by atoms with van der Waals surface area (Å²) in [5.74, 6) is 0.595. The van der Waals surface area contributed by atoms with Crippen LogP contribution in [-0.2, 0) is 0 Å². The van der Waals surface area contributed by atoms with Gasteiger partial charge in [-0.2, -0.15) is 0 Å². The highest BCUT2D eigenvalue weighted by Crippen LogP contribution is 2.14. The van der Waals surface area contributed by atoms with Crippen molar-refractivity contribution in [2.24, 2.45) is 0 Å². The first-order valence-electron chi connectivity index (χ1n) is 3.82. The van der Waals surface area contributed by atoms with Gasteiger partial charge in [-0.1, -0.05) is 38.9 Å². The molecule has 0 amide bonds. The Bertz CT molecular complexity index is 203. The minimum atomic E-state index is 0.595. The van der Waals surface area contributed by atoms with E-state index >= 15 is 0 Å². The minimum Gasteiger partial charge on any atom is -0.356 e. The molecule has 0 aromatic heterocycles. The van der Waals surface area contributed by atoms with Gasteiger partial charge in [-0.15, -0.1) is 0 Å². The van der Waals surface area contributed by atoms with E-state index in [1.165, 1.54) is 5.30 Å². The first-order valence-corrected chi connectivity index (χ1v) is 4.89. The maximum atomic E-state index is 3.23. The van der Waals surface area contributed by atoms with Gasteiger partial charge in [-0.25, -0.2) is 0 Å². The smallest absolute Gasteiger partial charge is 0.182 e. The third-order valence-electron chi connectivity index (χ3n) is 1.59. The van der Waals surface area contributed by atoms with Crippen LogP contribution in [0.4, 0.5) is 0 Å². The van der Waals surface area contributed by atoms with Crippen molar-refractivity contribution < 1.29 is 0 Å². The zero-order valence-electron chi connectivity index (χ0n) is 6.96. The molecule has 3 heteroatoms. The van der Waals surface area contributed by atoms with E-state index in [9.17, 15) is 0 Å². The maximum Gasteiger partial charge on any atom is 0.182 e. The fourth-order valence-corrected chi connectivity index (χ4v) is 1.89. The van der Waals surface area contributed by atoms with Crippen LogP contribution >= 0.6 is 8.58 Å². The molecule has 0 bridgehead atoms. The van der Waals surface area contributed by atoms with Gasteiger partial charge >= 0.3 is 0 Å². The van der Waals surface area contributed by atoms with Gasteiger partial charge in [0.25, 0.3) is 0 Å². The van der Waals surface area contributed by atoms with E-state index in [0.29, 0.717) is 5.78 Å². The summed E-state index contributed by atoms with van der Waals surface area (Å²) in [6, 6.07) is 10.6. The zero-order valence-corrected chi connectivity index (χ0v) is 7.96. The highest BCUT2D eigenvalue weighted by atomic mass is 31.1. The van der Waals surface area contributed by atoms with Crippen LogP contribution in [-0.4, -0.2) is 13.8 Å². The van der Waals surface area contributed by atoms with Crippen molar-refractivity contribution in [1.82, 2.24) is 5.23 Å². The Balaban J connectivity index is 2.51. The molecule has 0 spiro atoms. The predicted octanol–water partition coefficient (Wildman–Crippen LogP) is 0.474. The molecule has 0 aliphatic heterocycles. The molecule has 0 saturated carbocycles. The fraction of sp³-hybridized carbons (Fsp3) is 0.250. The van der Waals surface area contributed by atoms with Gasteiger partial charge in [0.05, 0.1) is 0 Å². The standard InChI is InChI=1S/C8H13BNP/c1-7(10-9)11-8-5-3-2-4-6-8/h2-7,10-11H,9H2,1H3. The third-order valence-corrected chi connectivity index (χ3v) is 2.98. The Morgan fingerprint density at radius 3 is 2.55 bits per heavy atom. The second kappa shape index (κ2) is 4.53. The van der Waals surface area contributed by atoms with Crippen molar-refractivity contribution >= 4 is 21.9 Å². The molecule has 0 heterocycles. The van der Waals surface area contributed by atoms with Crippen LogP contribution in [0.3, 0.4) is 0 Å². The topological polar surface area (TPSA) is 12.0 Å². The molecule has 58 valence electrons. The first-order chi connectivity index (χ1) is 5.33. The fourth-order valence-electron chi connectivity index (χ4n) is 0.857. The number of hydrogen-bond donors (Lipinski definition) is 1. The van der Waals surface area contributed by atoms with Crippen LogP contribution in [0.15, 0.2) is 30.3 Å². The quantitative estimate of drug-likeness (QED) is 0.507. The van der Waals surface area contributed by atoms with Crippen LogP contribution in [0.2, 0.25) is 0 Å². The molecular formula is C8H13BNP. The highest BCUT2D eigenvalue weighted by molar-refractivity contribution is 7.47. The van der Waals surface area contributed by atoms with Crippen LogP contribution in [0.1, 0.15) is 6.92 Å². The van der Waals surface area contributed by atoms with Gasteiger partial charge in [-0.3, -0.25) is 0 Å². The lowest BCUT2D eigenvalue weighted by molar-refractivity contribution is 0.939. The molecule has 2 atom stereocenters. The van der Waals surface area contributed by atoms with E-state index in [-0.39, 0.29) is 0 Å². The Morgan fingerprint density at radius 1 is 1.36 bits per heavy atom. The molecule has 0 fully saturated rings. The normalized spacial score (nSPS) is 13.9. The largest absolute Gasteiger partial charge is 0.356 e. The van der Waals surface area contributed by atoms with Crippen molar-refractivity contribution in [2.45, 2.75) is 12.7 Å². The number of nitrogens with one attached hydrogen (secondary N) is 1. The summed E-state index contributed by atoms with van der Waals surface area (Å²) >= 11 is 0. The molecule has 0 aliphatic rings. The van der Waals surface area contributed by atoms with Gasteiger partial charge in [0.2, 0.25) is 0 Å². The van der Waals surface area contributed by atoms with Crippen LogP contribution < -0.4 is 10.5 Å². The molecule has 2 unspecified atom stereocenters. The van der Waals surface area contributed by atoms with E-state index in [1.54, 1.807) is 0 Å². The summed E-state index contributed by atoms with van der Waals surface area (Å²) < 4.78 is 0. The van der Waals surface area contributed by atoms with Gasteiger partial charge in [0.15, 0.2) is 7.98 Å². The van der Waals surface area contributed by atoms with Gasteiger partial charge in [-0.05, 0) is 12.2 Å². The van der Waals surface area contributed by atoms with E-state index in [0.717, 1.165) is 8.58 Å². The van der Waals surface area contributed by atoms with Crippen LogP contribution in [0.25, 0.3) is 0 Å². The van der Waals surface area contributed by atoms with Crippen molar-refractivity contribution in [1.29, 1.82) is 0 Å². The minimum absolute atomic E-state index is 0.595. The van der Waals surface area contributed by atoms with E-state index < -0.39 is 0 Å². The summed E-state index contributed by atoms with van der Waals surface area (Å²) in [5, 5.41) is 4.65.